The van der Waals surface area contributed by atoms with Crippen molar-refractivity contribution in [2.45, 2.75) is 18.9 Å². The van der Waals surface area contributed by atoms with Crippen molar-refractivity contribution in [1.82, 2.24) is 25.4 Å². The van der Waals surface area contributed by atoms with Gasteiger partial charge in [-0.2, -0.15) is 5.10 Å². The van der Waals surface area contributed by atoms with E-state index in [4.69, 9.17) is 14.2 Å². The van der Waals surface area contributed by atoms with Crippen LogP contribution in [0.3, 0.4) is 0 Å². The molecule has 11 nitrogen and oxygen atoms in total. The number of rotatable bonds is 9. The lowest BCUT2D eigenvalue weighted by Gasteiger charge is -2.16. The Hall–Kier alpha value is -3.38. The SMILES string of the molecule is COc1ccc([C@H](OC)C(=O)Nc2nnc(C[C@@H]3CCN(c4nccnn4)C3)s2)cc1OC. The Morgan fingerprint density at radius 3 is 2.76 bits per heavy atom. The number of aromatic nitrogens is 5. The van der Waals surface area contributed by atoms with Crippen LogP contribution >= 0.6 is 11.3 Å². The molecule has 1 aromatic carbocycles. The Labute approximate surface area is 195 Å². The van der Waals surface area contributed by atoms with Gasteiger partial charge in [0, 0.05) is 26.6 Å². The van der Waals surface area contributed by atoms with Crippen molar-refractivity contribution in [3.63, 3.8) is 0 Å². The molecular formula is C21H25N7O4S. The van der Waals surface area contributed by atoms with E-state index in [0.717, 1.165) is 30.9 Å². The molecule has 0 bridgehead atoms. The smallest absolute Gasteiger partial charge is 0.259 e. The van der Waals surface area contributed by atoms with E-state index in [-0.39, 0.29) is 5.91 Å². The number of carbonyl (C=O) groups excluding carboxylic acids is 1. The summed E-state index contributed by atoms with van der Waals surface area (Å²) in [5.74, 6) is 1.80. The van der Waals surface area contributed by atoms with Crippen LogP contribution in [0.25, 0.3) is 0 Å². The topological polar surface area (TPSA) is 124 Å². The number of nitrogens with zero attached hydrogens (tertiary/aromatic N) is 6. The lowest BCUT2D eigenvalue weighted by molar-refractivity contribution is -0.126. The molecule has 4 rings (SSSR count). The molecule has 33 heavy (non-hydrogen) atoms. The van der Waals surface area contributed by atoms with E-state index >= 15 is 0 Å². The Kier molecular flexibility index (Phi) is 7.25. The molecule has 0 radical (unpaired) electrons. The maximum atomic E-state index is 12.9. The number of amides is 1. The van der Waals surface area contributed by atoms with E-state index in [1.54, 1.807) is 44.8 Å². The predicted octanol–water partition coefficient (Wildman–Crippen LogP) is 2.14. The number of anilines is 2. The Bertz CT molecular complexity index is 1080. The van der Waals surface area contributed by atoms with Crippen LogP contribution in [0.1, 0.15) is 23.1 Å². The highest BCUT2D eigenvalue weighted by atomic mass is 32.1. The predicted molar refractivity (Wildman–Crippen MR) is 122 cm³/mol. The first kappa shape index (κ1) is 22.8. The summed E-state index contributed by atoms with van der Waals surface area (Å²) >= 11 is 1.37. The molecule has 1 aliphatic heterocycles. The Balaban J connectivity index is 1.36. The van der Waals surface area contributed by atoms with Gasteiger partial charge in [0.2, 0.25) is 11.1 Å². The van der Waals surface area contributed by atoms with Gasteiger partial charge in [0.05, 0.1) is 26.6 Å². The fraction of sp³-hybridized carbons (Fsp3) is 0.429. The monoisotopic (exact) mass is 471 g/mol. The third kappa shape index (κ3) is 5.34. The summed E-state index contributed by atoms with van der Waals surface area (Å²) in [6, 6.07) is 5.21. The first-order chi connectivity index (χ1) is 16.1. The van der Waals surface area contributed by atoms with E-state index in [9.17, 15) is 4.79 Å². The van der Waals surface area contributed by atoms with Gasteiger partial charge in [0.25, 0.3) is 5.91 Å². The summed E-state index contributed by atoms with van der Waals surface area (Å²) in [7, 11) is 4.57. The third-order valence-corrected chi connectivity index (χ3v) is 6.24. The zero-order valence-electron chi connectivity index (χ0n) is 18.6. The quantitative estimate of drug-likeness (QED) is 0.496. The van der Waals surface area contributed by atoms with E-state index in [0.29, 0.717) is 34.1 Å². The van der Waals surface area contributed by atoms with E-state index in [1.807, 2.05) is 0 Å². The maximum Gasteiger partial charge on any atom is 0.259 e. The summed E-state index contributed by atoms with van der Waals surface area (Å²) in [6.45, 7) is 1.71. The second-order valence-corrected chi connectivity index (χ2v) is 8.53. The Morgan fingerprint density at radius 2 is 2.03 bits per heavy atom. The molecule has 174 valence electrons. The van der Waals surface area contributed by atoms with Crippen molar-refractivity contribution in [2.75, 3.05) is 44.6 Å². The molecule has 0 aliphatic carbocycles. The largest absolute Gasteiger partial charge is 0.493 e. The van der Waals surface area contributed by atoms with E-state index in [2.05, 4.69) is 35.6 Å². The number of methoxy groups -OCH3 is 3. The highest BCUT2D eigenvalue weighted by molar-refractivity contribution is 7.15. The first-order valence-electron chi connectivity index (χ1n) is 10.4. The number of benzene rings is 1. The molecule has 0 unspecified atom stereocenters. The summed E-state index contributed by atoms with van der Waals surface area (Å²) in [5.41, 5.74) is 0.640. The summed E-state index contributed by atoms with van der Waals surface area (Å²) in [6.07, 6.45) is 4.15. The van der Waals surface area contributed by atoms with Crippen LogP contribution in [0.4, 0.5) is 11.1 Å². The number of hydrogen-bond acceptors (Lipinski definition) is 11. The summed E-state index contributed by atoms with van der Waals surface area (Å²) < 4.78 is 16.0. The molecule has 0 saturated carbocycles. The van der Waals surface area contributed by atoms with Crippen LogP contribution in [-0.2, 0) is 16.0 Å². The summed E-state index contributed by atoms with van der Waals surface area (Å²) in [4.78, 5) is 19.2. The highest BCUT2D eigenvalue weighted by Crippen LogP contribution is 2.32. The zero-order valence-corrected chi connectivity index (χ0v) is 19.4. The average molecular weight is 472 g/mol. The average Bonchev–Trinajstić information content (AvgIpc) is 3.49. The summed E-state index contributed by atoms with van der Waals surface area (Å²) in [5, 5.41) is 20.5. The minimum Gasteiger partial charge on any atom is -0.493 e. The lowest BCUT2D eigenvalue weighted by atomic mass is 10.1. The van der Waals surface area contributed by atoms with Crippen LogP contribution < -0.4 is 19.7 Å². The first-order valence-corrected chi connectivity index (χ1v) is 11.2. The molecule has 1 fully saturated rings. The van der Waals surface area contributed by atoms with Crippen molar-refractivity contribution in [2.24, 2.45) is 5.92 Å². The Morgan fingerprint density at radius 1 is 1.18 bits per heavy atom. The number of carbonyl (C=O) groups is 1. The molecule has 1 aliphatic rings. The van der Waals surface area contributed by atoms with E-state index in [1.165, 1.54) is 18.4 Å². The van der Waals surface area contributed by atoms with Crippen LogP contribution in [0, 0.1) is 5.92 Å². The van der Waals surface area contributed by atoms with Gasteiger partial charge >= 0.3 is 0 Å². The fourth-order valence-corrected chi connectivity index (χ4v) is 4.64. The van der Waals surface area contributed by atoms with Crippen molar-refractivity contribution in [1.29, 1.82) is 0 Å². The molecular weight excluding hydrogens is 446 g/mol. The molecule has 1 saturated heterocycles. The highest BCUT2D eigenvalue weighted by Gasteiger charge is 2.27. The van der Waals surface area contributed by atoms with Crippen molar-refractivity contribution in [3.05, 3.63) is 41.2 Å². The van der Waals surface area contributed by atoms with Crippen LogP contribution in [0.2, 0.25) is 0 Å². The molecule has 1 N–H and O–H groups in total. The molecule has 12 heteroatoms. The molecule has 3 aromatic rings. The van der Waals surface area contributed by atoms with Gasteiger partial charge < -0.3 is 19.1 Å². The van der Waals surface area contributed by atoms with Crippen LogP contribution in [0.5, 0.6) is 11.5 Å². The fourth-order valence-electron chi connectivity index (χ4n) is 3.78. The molecule has 2 atom stereocenters. The molecule has 2 aromatic heterocycles. The molecule has 0 spiro atoms. The standard InChI is InChI=1S/C21H25N7O4S/c1-30-15-5-4-14(11-16(15)31-2)18(32-3)19(29)24-21-27-25-17(33-21)10-13-6-9-28(12-13)20-22-7-8-23-26-20/h4-5,7-8,11,13,18H,6,9-10,12H2,1-3H3,(H,24,27,29)/t13-,18-/m0/s1. The van der Waals surface area contributed by atoms with Gasteiger partial charge in [-0.05, 0) is 30.0 Å². The van der Waals surface area contributed by atoms with Crippen molar-refractivity contribution < 1.29 is 19.0 Å². The van der Waals surface area contributed by atoms with Gasteiger partial charge in [-0.25, -0.2) is 4.98 Å². The van der Waals surface area contributed by atoms with Crippen molar-refractivity contribution in [3.8, 4) is 11.5 Å². The minimum atomic E-state index is -0.833. The lowest BCUT2D eigenvalue weighted by Crippen LogP contribution is -2.22. The second-order valence-electron chi connectivity index (χ2n) is 7.47. The minimum absolute atomic E-state index is 0.340. The van der Waals surface area contributed by atoms with Gasteiger partial charge in [0.15, 0.2) is 17.6 Å². The second kappa shape index (κ2) is 10.5. The number of ether oxygens (including phenoxy) is 3. The van der Waals surface area contributed by atoms with Crippen LogP contribution in [0.15, 0.2) is 30.6 Å². The molecule has 3 heterocycles. The van der Waals surface area contributed by atoms with Gasteiger partial charge in [0.1, 0.15) is 5.01 Å². The zero-order chi connectivity index (χ0) is 23.2. The van der Waals surface area contributed by atoms with Crippen molar-refractivity contribution >= 4 is 28.3 Å². The van der Waals surface area contributed by atoms with Crippen LogP contribution in [-0.4, -0.2) is 65.7 Å². The van der Waals surface area contributed by atoms with Gasteiger partial charge in [-0.3, -0.25) is 10.1 Å². The normalized spacial score (nSPS) is 16.5. The number of nitrogens with one attached hydrogen (secondary N) is 1. The maximum absolute atomic E-state index is 12.9. The van der Waals surface area contributed by atoms with E-state index < -0.39 is 6.10 Å². The number of hydrogen-bond donors (Lipinski definition) is 1. The van der Waals surface area contributed by atoms with Gasteiger partial charge in [-0.15, -0.1) is 15.3 Å². The molecule has 1 amide bonds. The third-order valence-electron chi connectivity index (χ3n) is 5.38. The van der Waals surface area contributed by atoms with Gasteiger partial charge in [-0.1, -0.05) is 17.4 Å².